The van der Waals surface area contributed by atoms with Crippen molar-refractivity contribution in [2.75, 3.05) is 0 Å². The maximum atomic E-state index is 3.78. The number of aromatic nitrogens is 3. The second-order valence-electron chi connectivity index (χ2n) is 5.10. The van der Waals surface area contributed by atoms with Gasteiger partial charge in [-0.3, -0.25) is 0 Å². The van der Waals surface area contributed by atoms with Crippen LogP contribution in [0.3, 0.4) is 0 Å². The standard InChI is InChI=1S/C11H8N3.C7H9.2ClH.Zr/c1-2-4-10-6-11(5-9(10)3-1)14-7-12-13-8-14;1-6-4-3-5-7(6)2;;;/h1-8H;3-5H,1-2H3;2*1H;/q2*-1;;;+4/p-2. The normalized spacial score (nSPS) is 9.08. The Bertz CT molecular complexity index is 785. The van der Waals surface area contributed by atoms with Gasteiger partial charge in [0.2, 0.25) is 0 Å². The van der Waals surface area contributed by atoms with Gasteiger partial charge >= 0.3 is 26.2 Å². The van der Waals surface area contributed by atoms with Gasteiger partial charge < -0.3 is 29.4 Å². The summed E-state index contributed by atoms with van der Waals surface area (Å²) in [6, 6.07) is 18.8. The monoisotopic (exact) mass is 435 g/mol. The summed E-state index contributed by atoms with van der Waals surface area (Å²) < 4.78 is 1.90. The summed E-state index contributed by atoms with van der Waals surface area (Å²) in [6.07, 6.45) is 3.41. The van der Waals surface area contributed by atoms with Crippen molar-refractivity contribution in [3.05, 3.63) is 78.4 Å². The van der Waals surface area contributed by atoms with Crippen LogP contribution in [0.15, 0.2) is 67.3 Å². The first kappa shape index (κ1) is 22.8. The van der Waals surface area contributed by atoms with Crippen LogP contribution >= 0.6 is 0 Å². The Morgan fingerprint density at radius 1 is 1.00 bits per heavy atom. The van der Waals surface area contributed by atoms with E-state index in [0.717, 1.165) is 5.69 Å². The van der Waals surface area contributed by atoms with Gasteiger partial charge in [0.15, 0.2) is 0 Å². The number of fused-ring (bicyclic) bond motifs is 1. The smallest absolute Gasteiger partial charge is 1.00 e. The number of benzene rings is 1. The van der Waals surface area contributed by atoms with Crippen LogP contribution in [0.5, 0.6) is 0 Å². The third-order valence-electron chi connectivity index (χ3n) is 3.63. The molecule has 0 radical (unpaired) electrons. The van der Waals surface area contributed by atoms with Gasteiger partial charge in [0, 0.05) is 0 Å². The Morgan fingerprint density at radius 2 is 1.67 bits per heavy atom. The summed E-state index contributed by atoms with van der Waals surface area (Å²) in [5, 5.41) is 10.1. The molecule has 0 unspecified atom stereocenters. The number of rotatable bonds is 1. The van der Waals surface area contributed by atoms with Crippen molar-refractivity contribution >= 4 is 10.8 Å². The van der Waals surface area contributed by atoms with Crippen LogP contribution in [0.1, 0.15) is 11.1 Å². The second-order valence-corrected chi connectivity index (χ2v) is 5.10. The Balaban J connectivity index is 0.000000463. The first-order valence-electron chi connectivity index (χ1n) is 6.93. The van der Waals surface area contributed by atoms with Gasteiger partial charge in [0.1, 0.15) is 12.7 Å². The Hall–Kier alpha value is -1.22. The molecule has 3 aromatic carbocycles. The summed E-state index contributed by atoms with van der Waals surface area (Å²) in [4.78, 5) is 0. The van der Waals surface area contributed by atoms with Crippen LogP contribution in [0.2, 0.25) is 0 Å². The van der Waals surface area contributed by atoms with E-state index in [4.69, 9.17) is 0 Å². The fourth-order valence-corrected chi connectivity index (χ4v) is 2.22. The van der Waals surface area contributed by atoms with E-state index < -0.39 is 0 Å². The molecule has 0 N–H and O–H groups in total. The van der Waals surface area contributed by atoms with Crippen molar-refractivity contribution in [3.63, 3.8) is 0 Å². The Kier molecular flexibility index (Phi) is 10.1. The van der Waals surface area contributed by atoms with Gasteiger partial charge in [-0.15, -0.1) is 51.3 Å². The minimum absolute atomic E-state index is 0. The van der Waals surface area contributed by atoms with Gasteiger partial charge in [-0.05, 0) is 5.69 Å². The number of hydrogen-bond donors (Lipinski definition) is 0. The van der Waals surface area contributed by atoms with Crippen molar-refractivity contribution in [1.82, 2.24) is 14.8 Å². The number of halogens is 2. The van der Waals surface area contributed by atoms with Crippen molar-refractivity contribution in [2.45, 2.75) is 13.8 Å². The topological polar surface area (TPSA) is 30.7 Å². The zero-order valence-corrected chi connectivity index (χ0v) is 17.4. The van der Waals surface area contributed by atoms with Crippen LogP contribution in [0.25, 0.3) is 16.5 Å². The maximum absolute atomic E-state index is 3.78. The summed E-state index contributed by atoms with van der Waals surface area (Å²) in [5.41, 5.74) is 3.89. The molecule has 0 spiro atoms. The molecular weight excluding hydrogens is 420 g/mol. The molecule has 0 aliphatic heterocycles. The van der Waals surface area contributed by atoms with Crippen molar-refractivity contribution in [1.29, 1.82) is 0 Å². The molecule has 1 heterocycles. The van der Waals surface area contributed by atoms with Crippen LogP contribution < -0.4 is 24.8 Å². The fraction of sp³-hybridized carbons (Fsp3) is 0.111. The molecule has 0 amide bonds. The predicted molar refractivity (Wildman–Crippen MR) is 86.0 cm³/mol. The minimum Gasteiger partial charge on any atom is -1.00 e. The SMILES string of the molecule is Cc1ccc[c-]1C.[Cl-].[Cl-].[Zr+4].c1ccc2[cH-]c(-n3cnnc3)cc2c1. The molecule has 0 atom stereocenters. The van der Waals surface area contributed by atoms with Crippen molar-refractivity contribution in [2.24, 2.45) is 0 Å². The second kappa shape index (κ2) is 10.6. The quantitative estimate of drug-likeness (QED) is 0.328. The molecule has 4 rings (SSSR count). The van der Waals surface area contributed by atoms with E-state index >= 15 is 0 Å². The average Bonchev–Trinajstić information content (AvgIpc) is 3.21. The van der Waals surface area contributed by atoms with Gasteiger partial charge in [0.05, 0.1) is 0 Å². The van der Waals surface area contributed by atoms with E-state index in [-0.39, 0.29) is 51.0 Å². The molecule has 0 bridgehead atoms. The summed E-state index contributed by atoms with van der Waals surface area (Å²) in [5.74, 6) is 0. The molecule has 3 nitrogen and oxygen atoms in total. The largest absolute Gasteiger partial charge is 4.00 e. The van der Waals surface area contributed by atoms with E-state index in [1.54, 1.807) is 12.7 Å². The van der Waals surface area contributed by atoms with Crippen molar-refractivity contribution < 1.29 is 51.0 Å². The van der Waals surface area contributed by atoms with Crippen LogP contribution in [-0.4, -0.2) is 14.8 Å². The van der Waals surface area contributed by atoms with E-state index in [9.17, 15) is 0 Å². The first-order valence-corrected chi connectivity index (χ1v) is 6.93. The Labute approximate surface area is 173 Å². The molecule has 6 heteroatoms. The third-order valence-corrected chi connectivity index (χ3v) is 3.63. The summed E-state index contributed by atoms with van der Waals surface area (Å²) in [7, 11) is 0. The molecule has 122 valence electrons. The molecule has 4 aromatic rings. The van der Waals surface area contributed by atoms with Crippen LogP contribution in [-0.2, 0) is 26.2 Å². The fourth-order valence-electron chi connectivity index (χ4n) is 2.22. The first-order chi connectivity index (χ1) is 10.2. The third kappa shape index (κ3) is 5.41. The van der Waals surface area contributed by atoms with Gasteiger partial charge in [-0.2, -0.15) is 17.2 Å². The molecular formula is C18H17Cl2N3Zr. The van der Waals surface area contributed by atoms with Gasteiger partial charge in [0.25, 0.3) is 0 Å². The summed E-state index contributed by atoms with van der Waals surface area (Å²) in [6.45, 7) is 4.24. The molecule has 24 heavy (non-hydrogen) atoms. The van der Waals surface area contributed by atoms with E-state index in [1.165, 1.54) is 21.9 Å². The van der Waals surface area contributed by atoms with Crippen molar-refractivity contribution in [3.8, 4) is 5.69 Å². The predicted octanol–water partition coefficient (Wildman–Crippen LogP) is -1.83. The number of nitrogens with zero attached hydrogens (tertiary/aromatic N) is 3. The van der Waals surface area contributed by atoms with Crippen LogP contribution in [0.4, 0.5) is 0 Å². The maximum Gasteiger partial charge on any atom is 4.00 e. The average molecular weight is 437 g/mol. The molecule has 0 saturated heterocycles. The zero-order chi connectivity index (χ0) is 14.7. The Morgan fingerprint density at radius 3 is 2.17 bits per heavy atom. The minimum atomic E-state index is 0. The molecule has 0 aliphatic carbocycles. The van der Waals surface area contributed by atoms with Gasteiger partial charge in [-0.1, -0.05) is 19.9 Å². The van der Waals surface area contributed by atoms with E-state index in [1.807, 2.05) is 16.7 Å². The summed E-state index contributed by atoms with van der Waals surface area (Å²) >= 11 is 0. The van der Waals surface area contributed by atoms with E-state index in [2.05, 4.69) is 66.5 Å². The number of aryl methyl sites for hydroxylation is 2. The van der Waals surface area contributed by atoms with Gasteiger partial charge in [-0.25, -0.2) is 12.1 Å². The van der Waals surface area contributed by atoms with Crippen LogP contribution in [0, 0.1) is 13.8 Å². The molecule has 1 aromatic heterocycles. The molecule has 0 saturated carbocycles. The number of hydrogen-bond acceptors (Lipinski definition) is 2. The van der Waals surface area contributed by atoms with E-state index in [0.29, 0.717) is 0 Å². The molecule has 0 aliphatic rings. The zero-order valence-electron chi connectivity index (χ0n) is 13.4. The molecule has 0 fully saturated rings.